The number of oxime groups is 1. The van der Waals surface area contributed by atoms with Crippen molar-refractivity contribution in [1.29, 1.82) is 0 Å². The van der Waals surface area contributed by atoms with Gasteiger partial charge in [-0.25, -0.2) is 9.97 Å². The maximum Gasteiger partial charge on any atom is 0.191 e. The first-order valence-corrected chi connectivity index (χ1v) is 3.08. The number of rotatable bonds is 1. The molecule has 1 heterocycles. The van der Waals surface area contributed by atoms with Crippen LogP contribution in [0.15, 0.2) is 17.5 Å². The average Bonchev–Trinajstić information content (AvgIpc) is 2.04. The van der Waals surface area contributed by atoms with Crippen molar-refractivity contribution in [2.24, 2.45) is 10.9 Å². The third-order valence-corrected chi connectivity index (χ3v) is 1.28. The highest BCUT2D eigenvalue weighted by atomic mass is 35.5. The van der Waals surface area contributed by atoms with E-state index in [-0.39, 0.29) is 16.7 Å². The summed E-state index contributed by atoms with van der Waals surface area (Å²) < 4.78 is 0. The van der Waals surface area contributed by atoms with E-state index in [4.69, 9.17) is 22.5 Å². The van der Waals surface area contributed by atoms with Gasteiger partial charge in [0.15, 0.2) is 11.0 Å². The van der Waals surface area contributed by atoms with Crippen molar-refractivity contribution >= 4 is 17.4 Å². The molecule has 1 rings (SSSR count). The Balaban J connectivity index is 3.14. The Labute approximate surface area is 67.5 Å². The van der Waals surface area contributed by atoms with Gasteiger partial charge in [-0.15, -0.1) is 0 Å². The quantitative estimate of drug-likeness (QED) is 0.275. The lowest BCUT2D eigenvalue weighted by Crippen LogP contribution is -2.15. The molecule has 0 unspecified atom stereocenters. The molecule has 0 radical (unpaired) electrons. The maximum absolute atomic E-state index is 8.25. The Morgan fingerprint density at radius 2 is 2.18 bits per heavy atom. The van der Waals surface area contributed by atoms with E-state index in [9.17, 15) is 0 Å². The molecule has 3 N–H and O–H groups in total. The zero-order chi connectivity index (χ0) is 8.27. The SMILES string of the molecule is NC(=NO)c1nccnc1Cl. The van der Waals surface area contributed by atoms with Crippen molar-refractivity contribution in [2.45, 2.75) is 0 Å². The summed E-state index contributed by atoms with van der Waals surface area (Å²) in [7, 11) is 0. The molecule has 0 saturated heterocycles. The number of nitrogens with zero attached hydrogens (tertiary/aromatic N) is 3. The van der Waals surface area contributed by atoms with Crippen LogP contribution in [-0.4, -0.2) is 21.0 Å². The van der Waals surface area contributed by atoms with Gasteiger partial charge in [0.2, 0.25) is 0 Å². The fourth-order valence-electron chi connectivity index (χ4n) is 0.540. The first-order chi connectivity index (χ1) is 5.25. The molecule has 6 heteroatoms. The molecule has 0 fully saturated rings. The summed E-state index contributed by atoms with van der Waals surface area (Å²) >= 11 is 5.55. The lowest BCUT2D eigenvalue weighted by molar-refractivity contribution is 0.318. The average molecular weight is 173 g/mol. The van der Waals surface area contributed by atoms with Crippen molar-refractivity contribution in [3.8, 4) is 0 Å². The summed E-state index contributed by atoms with van der Waals surface area (Å²) in [6.45, 7) is 0. The van der Waals surface area contributed by atoms with Crippen molar-refractivity contribution in [2.75, 3.05) is 0 Å². The lowest BCUT2D eigenvalue weighted by Gasteiger charge is -1.96. The molecule has 0 spiro atoms. The second-order valence-corrected chi connectivity index (χ2v) is 2.04. The number of halogens is 1. The van der Waals surface area contributed by atoms with E-state index in [2.05, 4.69) is 15.1 Å². The number of amidine groups is 1. The fraction of sp³-hybridized carbons (Fsp3) is 0. The van der Waals surface area contributed by atoms with Gasteiger partial charge in [-0.2, -0.15) is 0 Å². The van der Waals surface area contributed by atoms with Crippen LogP contribution in [0.1, 0.15) is 5.69 Å². The smallest absolute Gasteiger partial charge is 0.191 e. The zero-order valence-corrected chi connectivity index (χ0v) is 6.15. The molecular formula is C5H5ClN4O. The van der Waals surface area contributed by atoms with Crippen molar-refractivity contribution < 1.29 is 5.21 Å². The van der Waals surface area contributed by atoms with Gasteiger partial charge in [0.25, 0.3) is 0 Å². The third kappa shape index (κ3) is 1.56. The molecule has 0 amide bonds. The molecule has 1 aromatic heterocycles. The summed E-state index contributed by atoms with van der Waals surface area (Å²) in [5.74, 6) is -0.150. The predicted octanol–water partition coefficient (Wildman–Crippen LogP) is 0.224. The maximum atomic E-state index is 8.25. The van der Waals surface area contributed by atoms with Gasteiger partial charge in [0, 0.05) is 12.4 Å². The van der Waals surface area contributed by atoms with Crippen LogP contribution >= 0.6 is 11.6 Å². The topological polar surface area (TPSA) is 84.4 Å². The molecule has 58 valence electrons. The summed E-state index contributed by atoms with van der Waals surface area (Å²) in [5.41, 5.74) is 5.39. The van der Waals surface area contributed by atoms with E-state index in [1.165, 1.54) is 12.4 Å². The number of aromatic nitrogens is 2. The van der Waals surface area contributed by atoms with Gasteiger partial charge < -0.3 is 10.9 Å². The van der Waals surface area contributed by atoms with Crippen molar-refractivity contribution in [3.05, 3.63) is 23.2 Å². The molecule has 0 aliphatic heterocycles. The molecule has 11 heavy (non-hydrogen) atoms. The first-order valence-electron chi connectivity index (χ1n) is 2.70. The standard InChI is InChI=1S/C5H5ClN4O/c6-4-3(5(7)10-11)8-1-2-9-4/h1-2,11H,(H2,7,10). The van der Waals surface area contributed by atoms with Crippen LogP contribution < -0.4 is 5.73 Å². The van der Waals surface area contributed by atoms with Gasteiger partial charge >= 0.3 is 0 Å². The summed E-state index contributed by atoms with van der Waals surface area (Å²) in [4.78, 5) is 7.42. The van der Waals surface area contributed by atoms with Gasteiger partial charge in [0.1, 0.15) is 5.69 Å². The first kappa shape index (κ1) is 7.74. The van der Waals surface area contributed by atoms with E-state index in [0.29, 0.717) is 0 Å². The van der Waals surface area contributed by atoms with Gasteiger partial charge in [-0.05, 0) is 0 Å². The number of hydrogen-bond donors (Lipinski definition) is 2. The van der Waals surface area contributed by atoms with E-state index in [0.717, 1.165) is 0 Å². The number of hydrogen-bond acceptors (Lipinski definition) is 4. The van der Waals surface area contributed by atoms with Crippen LogP contribution in [0.5, 0.6) is 0 Å². The largest absolute Gasteiger partial charge is 0.409 e. The Morgan fingerprint density at radius 3 is 2.73 bits per heavy atom. The summed E-state index contributed by atoms with van der Waals surface area (Å²) in [6.07, 6.45) is 2.82. The molecule has 5 nitrogen and oxygen atoms in total. The molecule has 0 atom stereocenters. The van der Waals surface area contributed by atoms with Crippen molar-refractivity contribution in [3.63, 3.8) is 0 Å². The second-order valence-electron chi connectivity index (χ2n) is 1.68. The molecule has 0 aliphatic carbocycles. The predicted molar refractivity (Wildman–Crippen MR) is 39.6 cm³/mol. The molecule has 0 aromatic carbocycles. The molecule has 0 saturated carbocycles. The van der Waals surface area contributed by atoms with Crippen LogP contribution in [0.4, 0.5) is 0 Å². The van der Waals surface area contributed by atoms with E-state index < -0.39 is 0 Å². The van der Waals surface area contributed by atoms with Gasteiger partial charge in [-0.3, -0.25) is 0 Å². The Kier molecular flexibility index (Phi) is 2.22. The van der Waals surface area contributed by atoms with E-state index in [1.54, 1.807) is 0 Å². The fourth-order valence-corrected chi connectivity index (χ4v) is 0.742. The van der Waals surface area contributed by atoms with Crippen molar-refractivity contribution in [1.82, 2.24) is 9.97 Å². The summed E-state index contributed by atoms with van der Waals surface area (Å²) in [6, 6.07) is 0. The highest BCUT2D eigenvalue weighted by Crippen LogP contribution is 2.06. The molecule has 0 aliphatic rings. The van der Waals surface area contributed by atoms with E-state index >= 15 is 0 Å². The van der Waals surface area contributed by atoms with Crippen LogP contribution in [-0.2, 0) is 0 Å². The highest BCUT2D eigenvalue weighted by molar-refractivity contribution is 6.32. The number of nitrogens with two attached hydrogens (primary N) is 1. The zero-order valence-electron chi connectivity index (χ0n) is 5.40. The van der Waals surface area contributed by atoms with Gasteiger partial charge in [0.05, 0.1) is 0 Å². The van der Waals surface area contributed by atoms with Gasteiger partial charge in [-0.1, -0.05) is 16.8 Å². The Morgan fingerprint density at radius 1 is 1.55 bits per heavy atom. The third-order valence-electron chi connectivity index (χ3n) is 1.00. The van der Waals surface area contributed by atoms with Crippen LogP contribution in [0.3, 0.4) is 0 Å². The monoisotopic (exact) mass is 172 g/mol. The second kappa shape index (κ2) is 3.16. The summed E-state index contributed by atoms with van der Waals surface area (Å²) in [5, 5.41) is 11.1. The molecular weight excluding hydrogens is 168 g/mol. The minimum Gasteiger partial charge on any atom is -0.409 e. The normalized spacial score (nSPS) is 11.5. The van der Waals surface area contributed by atoms with Crippen LogP contribution in [0.25, 0.3) is 0 Å². The minimum atomic E-state index is -0.150. The lowest BCUT2D eigenvalue weighted by atomic mass is 10.4. The van der Waals surface area contributed by atoms with E-state index in [1.807, 2.05) is 0 Å². The molecule has 0 bridgehead atoms. The highest BCUT2D eigenvalue weighted by Gasteiger charge is 2.05. The minimum absolute atomic E-state index is 0.114. The van der Waals surface area contributed by atoms with Crippen LogP contribution in [0.2, 0.25) is 5.15 Å². The molecule has 1 aromatic rings. The van der Waals surface area contributed by atoms with Crippen LogP contribution in [0, 0.1) is 0 Å². The Bertz CT molecular complexity index is 288. The Hall–Kier alpha value is -1.36.